The summed E-state index contributed by atoms with van der Waals surface area (Å²) in [6.45, 7) is 4.77. The molecule has 2 unspecified atom stereocenters. The van der Waals surface area contributed by atoms with Crippen LogP contribution in [0.5, 0.6) is 0 Å². The van der Waals surface area contributed by atoms with Gasteiger partial charge in [0.25, 0.3) is 5.91 Å². The van der Waals surface area contributed by atoms with Crippen molar-refractivity contribution < 1.29 is 9.59 Å². The largest absolute Gasteiger partial charge is 0.356 e. The van der Waals surface area contributed by atoms with E-state index in [1.54, 1.807) is 0 Å². The Morgan fingerprint density at radius 1 is 1.00 bits per heavy atom. The molecule has 2 amide bonds. The van der Waals surface area contributed by atoms with Crippen molar-refractivity contribution in [3.8, 4) is 0 Å². The lowest BCUT2D eigenvalue weighted by Crippen LogP contribution is -2.68. The molecule has 5 nitrogen and oxygen atoms in total. The van der Waals surface area contributed by atoms with Crippen LogP contribution in [-0.4, -0.2) is 45.7 Å². The number of aromatic amines is 1. The quantitative estimate of drug-likeness (QED) is 0.657. The minimum atomic E-state index is -0.993. The Bertz CT molecular complexity index is 1220. The van der Waals surface area contributed by atoms with Gasteiger partial charge in [-0.1, -0.05) is 60.9 Å². The molecular formula is C27H29N3O2. The minimum absolute atomic E-state index is 0.0320. The molecule has 2 aromatic carbocycles. The van der Waals surface area contributed by atoms with Gasteiger partial charge in [-0.25, -0.2) is 0 Å². The molecule has 3 aliphatic rings. The number of piperazine rings is 1. The fourth-order valence-corrected chi connectivity index (χ4v) is 6.24. The molecule has 0 radical (unpaired) electrons. The van der Waals surface area contributed by atoms with Crippen molar-refractivity contribution in [1.29, 1.82) is 0 Å². The predicted molar refractivity (Wildman–Crippen MR) is 124 cm³/mol. The van der Waals surface area contributed by atoms with E-state index < -0.39 is 5.54 Å². The number of aryl methyl sites for hydroxylation is 1. The molecule has 1 saturated carbocycles. The minimum Gasteiger partial charge on any atom is -0.356 e. The molecule has 0 bridgehead atoms. The fourth-order valence-electron chi connectivity index (χ4n) is 6.24. The van der Waals surface area contributed by atoms with Crippen molar-refractivity contribution >= 4 is 22.7 Å². The third-order valence-electron chi connectivity index (χ3n) is 8.02. The first-order chi connectivity index (χ1) is 15.5. The lowest BCUT2D eigenvalue weighted by Gasteiger charge is -2.52. The van der Waals surface area contributed by atoms with E-state index in [-0.39, 0.29) is 30.3 Å². The summed E-state index contributed by atoms with van der Waals surface area (Å²) in [6.07, 6.45) is 4.27. The summed E-state index contributed by atoms with van der Waals surface area (Å²) in [5, 5.41) is 1.15. The lowest BCUT2D eigenvalue weighted by atomic mass is 9.76. The van der Waals surface area contributed by atoms with Gasteiger partial charge in [0.05, 0.1) is 5.69 Å². The van der Waals surface area contributed by atoms with Gasteiger partial charge in [0.1, 0.15) is 6.54 Å². The average molecular weight is 428 g/mol. The monoisotopic (exact) mass is 427 g/mol. The number of fused-ring (bicyclic) bond motifs is 5. The number of para-hydroxylation sites is 1. The number of hydrogen-bond donors (Lipinski definition) is 1. The van der Waals surface area contributed by atoms with E-state index in [0.717, 1.165) is 47.8 Å². The van der Waals surface area contributed by atoms with Crippen LogP contribution in [0, 0.1) is 6.92 Å². The standard InChI is InChI=1S/C27H29N3O2/c1-17-11-13-18(14-12-17)21-15-30-23(31)16-29(19-7-3-4-8-19)26(32)27(30,2)25-24(21)20-9-5-6-10-22(20)28-25/h5-6,9-14,19,21,28H,3-4,7-8,15-16H2,1-2H3. The molecule has 6 rings (SSSR count). The van der Waals surface area contributed by atoms with Gasteiger partial charge in [-0.15, -0.1) is 0 Å². The maximum Gasteiger partial charge on any atom is 0.255 e. The summed E-state index contributed by atoms with van der Waals surface area (Å²) in [4.78, 5) is 34.9. The van der Waals surface area contributed by atoms with E-state index in [0.29, 0.717) is 6.54 Å². The number of hydrogen-bond acceptors (Lipinski definition) is 2. The molecule has 5 heteroatoms. The summed E-state index contributed by atoms with van der Waals surface area (Å²) >= 11 is 0. The van der Waals surface area contributed by atoms with Crippen LogP contribution in [0.25, 0.3) is 10.9 Å². The normalized spacial score (nSPS) is 26.0. The Balaban J connectivity index is 1.56. The van der Waals surface area contributed by atoms with Crippen LogP contribution in [0.4, 0.5) is 0 Å². The van der Waals surface area contributed by atoms with E-state index in [4.69, 9.17) is 0 Å². The average Bonchev–Trinajstić information content (AvgIpc) is 3.46. The Kier molecular flexibility index (Phi) is 4.26. The van der Waals surface area contributed by atoms with Crippen LogP contribution in [0.15, 0.2) is 48.5 Å². The Labute approximate surface area is 188 Å². The first-order valence-corrected chi connectivity index (χ1v) is 11.8. The summed E-state index contributed by atoms with van der Waals surface area (Å²) in [5.41, 5.74) is 4.48. The van der Waals surface area contributed by atoms with Gasteiger partial charge in [0, 0.05) is 29.4 Å². The zero-order valence-corrected chi connectivity index (χ0v) is 18.7. The van der Waals surface area contributed by atoms with Crippen molar-refractivity contribution in [2.75, 3.05) is 13.1 Å². The van der Waals surface area contributed by atoms with Crippen molar-refractivity contribution in [3.05, 3.63) is 70.9 Å². The first kappa shape index (κ1) is 19.6. The predicted octanol–water partition coefficient (Wildman–Crippen LogP) is 4.45. The highest BCUT2D eigenvalue weighted by Gasteiger charge is 2.57. The number of benzene rings is 2. The van der Waals surface area contributed by atoms with Gasteiger partial charge in [-0.2, -0.15) is 0 Å². The number of carbonyl (C=O) groups excluding carboxylic acids is 2. The summed E-state index contributed by atoms with van der Waals surface area (Å²) in [5.74, 6) is 0.157. The summed E-state index contributed by atoms with van der Waals surface area (Å²) < 4.78 is 0. The molecule has 2 atom stereocenters. The molecule has 164 valence electrons. The number of aromatic nitrogens is 1. The summed E-state index contributed by atoms with van der Waals surface area (Å²) in [7, 11) is 0. The highest BCUT2D eigenvalue weighted by molar-refractivity contribution is 6.01. The Morgan fingerprint density at radius 2 is 1.72 bits per heavy atom. The zero-order chi connectivity index (χ0) is 22.0. The topological polar surface area (TPSA) is 56.4 Å². The third-order valence-corrected chi connectivity index (χ3v) is 8.02. The molecule has 1 aromatic heterocycles. The van der Waals surface area contributed by atoms with Crippen LogP contribution in [0.3, 0.4) is 0 Å². The van der Waals surface area contributed by atoms with Crippen LogP contribution >= 0.6 is 0 Å². The molecule has 32 heavy (non-hydrogen) atoms. The molecule has 1 aliphatic carbocycles. The van der Waals surface area contributed by atoms with E-state index in [9.17, 15) is 9.59 Å². The second-order valence-electron chi connectivity index (χ2n) is 9.87. The van der Waals surface area contributed by atoms with Crippen LogP contribution in [0.1, 0.15) is 60.9 Å². The molecular weight excluding hydrogens is 398 g/mol. The Hall–Kier alpha value is -3.08. The number of carbonyl (C=O) groups is 2. The van der Waals surface area contributed by atoms with Gasteiger partial charge < -0.3 is 14.8 Å². The number of nitrogens with zero attached hydrogens (tertiary/aromatic N) is 2. The molecule has 2 fully saturated rings. The van der Waals surface area contributed by atoms with Crippen molar-refractivity contribution in [2.45, 2.75) is 57.0 Å². The van der Waals surface area contributed by atoms with E-state index >= 15 is 0 Å². The van der Waals surface area contributed by atoms with Gasteiger partial charge in [-0.05, 0) is 43.9 Å². The van der Waals surface area contributed by atoms with E-state index in [1.165, 1.54) is 11.1 Å². The van der Waals surface area contributed by atoms with Crippen molar-refractivity contribution in [1.82, 2.24) is 14.8 Å². The molecule has 3 aromatic rings. The maximum atomic E-state index is 14.1. The van der Waals surface area contributed by atoms with E-state index in [2.05, 4.69) is 54.4 Å². The number of H-pyrrole nitrogens is 1. The van der Waals surface area contributed by atoms with Crippen molar-refractivity contribution in [2.24, 2.45) is 0 Å². The number of amides is 2. The maximum absolute atomic E-state index is 14.1. The smallest absolute Gasteiger partial charge is 0.255 e. The van der Waals surface area contributed by atoms with Crippen LogP contribution in [-0.2, 0) is 15.1 Å². The highest BCUT2D eigenvalue weighted by Crippen LogP contribution is 2.48. The van der Waals surface area contributed by atoms with Crippen LogP contribution in [0.2, 0.25) is 0 Å². The second kappa shape index (κ2) is 6.96. The highest BCUT2D eigenvalue weighted by atomic mass is 16.2. The SMILES string of the molecule is Cc1ccc(C2CN3C(=O)CN(C4CCCC4)C(=O)C3(C)c3[nH]c4ccccc4c32)cc1. The van der Waals surface area contributed by atoms with Gasteiger partial charge in [-0.3, -0.25) is 9.59 Å². The number of nitrogens with one attached hydrogen (secondary N) is 1. The first-order valence-electron chi connectivity index (χ1n) is 11.8. The second-order valence-corrected chi connectivity index (χ2v) is 9.87. The molecule has 1 N–H and O–H groups in total. The molecule has 0 spiro atoms. The third kappa shape index (κ3) is 2.63. The molecule has 3 heterocycles. The van der Waals surface area contributed by atoms with Gasteiger partial charge in [0.15, 0.2) is 5.54 Å². The molecule has 2 aliphatic heterocycles. The summed E-state index contributed by atoms with van der Waals surface area (Å²) in [6, 6.07) is 17.0. The Morgan fingerprint density at radius 3 is 2.47 bits per heavy atom. The zero-order valence-electron chi connectivity index (χ0n) is 18.7. The van der Waals surface area contributed by atoms with E-state index in [1.807, 2.05) is 22.8 Å². The number of rotatable bonds is 2. The van der Waals surface area contributed by atoms with Gasteiger partial charge >= 0.3 is 0 Å². The van der Waals surface area contributed by atoms with Crippen LogP contribution < -0.4 is 0 Å². The molecule has 1 saturated heterocycles. The van der Waals surface area contributed by atoms with Gasteiger partial charge in [0.2, 0.25) is 5.91 Å². The fraction of sp³-hybridized carbons (Fsp3) is 0.407. The van der Waals surface area contributed by atoms with Crippen molar-refractivity contribution in [3.63, 3.8) is 0 Å². The lowest BCUT2D eigenvalue weighted by molar-refractivity contribution is -0.168.